The van der Waals surface area contributed by atoms with Gasteiger partial charge in [-0.1, -0.05) is 24.3 Å². The van der Waals surface area contributed by atoms with Crippen molar-refractivity contribution in [3.8, 4) is 0 Å². The van der Waals surface area contributed by atoms with Gasteiger partial charge in [0.1, 0.15) is 5.82 Å². The number of carboxylic acid groups (broad SMARTS) is 1. The number of nitrogens with one attached hydrogen (secondary N) is 1. The highest BCUT2D eigenvalue weighted by Crippen LogP contribution is 2.49. The zero-order chi connectivity index (χ0) is 16.0. The Bertz CT molecular complexity index is 798. The maximum atomic E-state index is 13.6. The van der Waals surface area contributed by atoms with Crippen LogP contribution in [0.2, 0.25) is 0 Å². The fraction of sp³-hybridized carbons (Fsp3) is 0.211. The van der Waals surface area contributed by atoms with Crippen molar-refractivity contribution in [2.75, 3.05) is 5.32 Å². The molecule has 0 spiro atoms. The summed E-state index contributed by atoms with van der Waals surface area (Å²) in [5, 5.41) is 12.5. The first-order valence-electron chi connectivity index (χ1n) is 7.69. The van der Waals surface area contributed by atoms with Gasteiger partial charge in [-0.2, -0.15) is 0 Å². The average molecular weight is 309 g/mol. The minimum absolute atomic E-state index is 0.0933. The summed E-state index contributed by atoms with van der Waals surface area (Å²) < 4.78 is 13.6. The molecule has 2 aromatic rings. The maximum absolute atomic E-state index is 13.6. The molecule has 2 N–H and O–H groups in total. The lowest BCUT2D eigenvalue weighted by atomic mass is 9.77. The first-order chi connectivity index (χ1) is 11.1. The molecular weight excluding hydrogens is 293 g/mol. The van der Waals surface area contributed by atoms with Crippen molar-refractivity contribution >= 4 is 11.7 Å². The van der Waals surface area contributed by atoms with E-state index in [0.29, 0.717) is 5.92 Å². The summed E-state index contributed by atoms with van der Waals surface area (Å²) in [6.07, 6.45) is 5.23. The molecule has 116 valence electrons. The lowest BCUT2D eigenvalue weighted by molar-refractivity contribution is 0.0697. The molecule has 0 radical (unpaired) electrons. The van der Waals surface area contributed by atoms with Gasteiger partial charge in [-0.05, 0) is 53.8 Å². The van der Waals surface area contributed by atoms with Gasteiger partial charge >= 0.3 is 5.97 Å². The molecule has 0 amide bonds. The Morgan fingerprint density at radius 2 is 1.96 bits per heavy atom. The highest BCUT2D eigenvalue weighted by Gasteiger charge is 2.37. The quantitative estimate of drug-likeness (QED) is 0.811. The second kappa shape index (κ2) is 5.23. The SMILES string of the molecule is O=C(O)c1ccc([C@H]2Nc3ccc(F)cc3[C@@H]3C=CC[C@@H]23)cc1. The molecule has 23 heavy (non-hydrogen) atoms. The largest absolute Gasteiger partial charge is 0.478 e. The summed E-state index contributed by atoms with van der Waals surface area (Å²) in [5.74, 6) is -0.616. The molecule has 3 nitrogen and oxygen atoms in total. The molecule has 1 heterocycles. The van der Waals surface area contributed by atoms with E-state index in [-0.39, 0.29) is 23.3 Å². The number of carboxylic acids is 1. The van der Waals surface area contributed by atoms with E-state index in [1.165, 1.54) is 6.07 Å². The van der Waals surface area contributed by atoms with Gasteiger partial charge in [-0.15, -0.1) is 0 Å². The van der Waals surface area contributed by atoms with Gasteiger partial charge in [0.25, 0.3) is 0 Å². The molecule has 0 unspecified atom stereocenters. The van der Waals surface area contributed by atoms with E-state index in [1.807, 2.05) is 12.1 Å². The molecule has 0 aromatic heterocycles. The van der Waals surface area contributed by atoms with E-state index in [2.05, 4.69) is 17.5 Å². The third-order valence-electron chi connectivity index (χ3n) is 4.84. The van der Waals surface area contributed by atoms with Gasteiger partial charge in [0, 0.05) is 11.6 Å². The number of anilines is 1. The van der Waals surface area contributed by atoms with Crippen LogP contribution in [0.3, 0.4) is 0 Å². The van der Waals surface area contributed by atoms with Crippen molar-refractivity contribution in [3.63, 3.8) is 0 Å². The molecule has 4 heteroatoms. The molecular formula is C19H16FNO2. The van der Waals surface area contributed by atoms with E-state index >= 15 is 0 Å². The Kier molecular flexibility index (Phi) is 3.18. The Morgan fingerprint density at radius 1 is 1.17 bits per heavy atom. The Hall–Kier alpha value is -2.62. The Labute approximate surface area is 133 Å². The first-order valence-corrected chi connectivity index (χ1v) is 7.69. The van der Waals surface area contributed by atoms with Crippen LogP contribution in [-0.4, -0.2) is 11.1 Å². The van der Waals surface area contributed by atoms with Crippen LogP contribution in [-0.2, 0) is 0 Å². The third-order valence-corrected chi connectivity index (χ3v) is 4.84. The van der Waals surface area contributed by atoms with Crippen molar-refractivity contribution in [1.82, 2.24) is 0 Å². The smallest absolute Gasteiger partial charge is 0.335 e. The summed E-state index contributed by atoms with van der Waals surface area (Å²) >= 11 is 0. The van der Waals surface area contributed by atoms with Crippen molar-refractivity contribution in [1.29, 1.82) is 0 Å². The number of allylic oxidation sites excluding steroid dienone is 2. The Balaban J connectivity index is 1.73. The number of benzene rings is 2. The summed E-state index contributed by atoms with van der Waals surface area (Å²) in [5.41, 5.74) is 3.30. The number of rotatable bonds is 2. The van der Waals surface area contributed by atoms with Crippen molar-refractivity contribution in [2.45, 2.75) is 18.4 Å². The monoisotopic (exact) mass is 309 g/mol. The fourth-order valence-corrected chi connectivity index (χ4v) is 3.73. The number of carbonyl (C=O) groups is 1. The van der Waals surface area contributed by atoms with E-state index in [1.54, 1.807) is 24.3 Å². The standard InChI is InChI=1S/C19H16FNO2/c20-13-8-9-17-16(10-13)14-2-1-3-15(14)18(21-17)11-4-6-12(7-5-11)19(22)23/h1-2,4-10,14-15,18,21H,3H2,(H,22,23)/t14-,15-,18-/m1/s1. The maximum Gasteiger partial charge on any atom is 0.335 e. The molecule has 0 bridgehead atoms. The highest BCUT2D eigenvalue weighted by molar-refractivity contribution is 5.87. The molecule has 1 aliphatic carbocycles. The van der Waals surface area contributed by atoms with Gasteiger partial charge in [-0.25, -0.2) is 9.18 Å². The number of aromatic carboxylic acids is 1. The van der Waals surface area contributed by atoms with Crippen LogP contribution in [0.4, 0.5) is 10.1 Å². The van der Waals surface area contributed by atoms with Crippen molar-refractivity contribution in [3.05, 3.63) is 77.1 Å². The summed E-state index contributed by atoms with van der Waals surface area (Å²) in [6, 6.07) is 12.0. The highest BCUT2D eigenvalue weighted by atomic mass is 19.1. The van der Waals surface area contributed by atoms with Crippen LogP contribution in [0.15, 0.2) is 54.6 Å². The van der Waals surface area contributed by atoms with E-state index in [4.69, 9.17) is 5.11 Å². The molecule has 2 aromatic carbocycles. The minimum atomic E-state index is -0.922. The second-order valence-corrected chi connectivity index (χ2v) is 6.13. The summed E-state index contributed by atoms with van der Waals surface area (Å²) in [7, 11) is 0. The molecule has 3 atom stereocenters. The molecule has 4 rings (SSSR count). The van der Waals surface area contributed by atoms with Gasteiger partial charge in [0.05, 0.1) is 11.6 Å². The van der Waals surface area contributed by atoms with Crippen LogP contribution in [0, 0.1) is 11.7 Å². The van der Waals surface area contributed by atoms with Crippen LogP contribution in [0.5, 0.6) is 0 Å². The normalized spacial score (nSPS) is 24.7. The van der Waals surface area contributed by atoms with Crippen LogP contribution >= 0.6 is 0 Å². The molecule has 0 saturated heterocycles. The number of hydrogen-bond donors (Lipinski definition) is 2. The Morgan fingerprint density at radius 3 is 2.70 bits per heavy atom. The van der Waals surface area contributed by atoms with E-state index < -0.39 is 5.97 Å². The van der Waals surface area contributed by atoms with E-state index in [0.717, 1.165) is 23.2 Å². The first kappa shape index (κ1) is 14.0. The lowest BCUT2D eigenvalue weighted by Crippen LogP contribution is -2.29. The third kappa shape index (κ3) is 2.31. The predicted octanol–water partition coefficient (Wildman–Crippen LogP) is 4.35. The summed E-state index contributed by atoms with van der Waals surface area (Å²) in [6.45, 7) is 0. The van der Waals surface area contributed by atoms with Gasteiger partial charge in [-0.3, -0.25) is 0 Å². The predicted molar refractivity (Wildman–Crippen MR) is 86.2 cm³/mol. The number of fused-ring (bicyclic) bond motifs is 3. The molecule has 0 saturated carbocycles. The second-order valence-electron chi connectivity index (χ2n) is 6.13. The average Bonchev–Trinajstić information content (AvgIpc) is 3.04. The van der Waals surface area contributed by atoms with E-state index in [9.17, 15) is 9.18 Å². The van der Waals surface area contributed by atoms with Crippen LogP contribution in [0.25, 0.3) is 0 Å². The minimum Gasteiger partial charge on any atom is -0.478 e. The zero-order valence-electron chi connectivity index (χ0n) is 12.4. The fourth-order valence-electron chi connectivity index (χ4n) is 3.73. The summed E-state index contributed by atoms with van der Waals surface area (Å²) in [4.78, 5) is 11.0. The van der Waals surface area contributed by atoms with Crippen LogP contribution in [0.1, 0.15) is 39.9 Å². The van der Waals surface area contributed by atoms with Crippen LogP contribution < -0.4 is 5.32 Å². The number of halogens is 1. The molecule has 2 aliphatic rings. The molecule has 1 aliphatic heterocycles. The van der Waals surface area contributed by atoms with Gasteiger partial charge in [0.2, 0.25) is 0 Å². The zero-order valence-corrected chi connectivity index (χ0v) is 12.4. The van der Waals surface area contributed by atoms with Crippen molar-refractivity contribution < 1.29 is 14.3 Å². The van der Waals surface area contributed by atoms with Gasteiger partial charge in [0.15, 0.2) is 0 Å². The van der Waals surface area contributed by atoms with Crippen molar-refractivity contribution in [2.24, 2.45) is 5.92 Å². The molecule has 0 fully saturated rings. The number of hydrogen-bond acceptors (Lipinski definition) is 2. The van der Waals surface area contributed by atoms with Gasteiger partial charge < -0.3 is 10.4 Å². The lowest BCUT2D eigenvalue weighted by Gasteiger charge is -2.37. The topological polar surface area (TPSA) is 49.3 Å².